The van der Waals surface area contributed by atoms with Gasteiger partial charge in [-0.25, -0.2) is 4.98 Å². The summed E-state index contributed by atoms with van der Waals surface area (Å²) in [5, 5.41) is 1.18. The standard InChI is InChI=1S/C12H12N2S/c13-6-5-11-14-12-9-4-2-1-3-8(9)7-10(12)15-11/h1-4H,5-7,13H2. The molecule has 2 nitrogen and oxygen atoms in total. The maximum Gasteiger partial charge on any atom is 0.0948 e. The van der Waals surface area contributed by atoms with Gasteiger partial charge in [-0.3, -0.25) is 0 Å². The maximum absolute atomic E-state index is 5.54. The number of nitrogens with two attached hydrogens (primary N) is 1. The summed E-state index contributed by atoms with van der Waals surface area (Å²) < 4.78 is 0. The maximum atomic E-state index is 5.54. The molecule has 1 aliphatic rings. The lowest BCUT2D eigenvalue weighted by molar-refractivity contribution is 0.954. The van der Waals surface area contributed by atoms with Gasteiger partial charge in [-0.1, -0.05) is 24.3 Å². The molecule has 0 radical (unpaired) electrons. The van der Waals surface area contributed by atoms with Gasteiger partial charge in [0.2, 0.25) is 0 Å². The molecule has 1 heterocycles. The van der Waals surface area contributed by atoms with Crippen LogP contribution in [-0.2, 0) is 12.8 Å². The van der Waals surface area contributed by atoms with Crippen molar-refractivity contribution in [3.8, 4) is 11.3 Å². The van der Waals surface area contributed by atoms with E-state index >= 15 is 0 Å². The number of benzene rings is 1. The molecule has 0 fully saturated rings. The van der Waals surface area contributed by atoms with Crippen molar-refractivity contribution in [2.45, 2.75) is 12.8 Å². The van der Waals surface area contributed by atoms with Crippen molar-refractivity contribution >= 4 is 11.3 Å². The summed E-state index contributed by atoms with van der Waals surface area (Å²) in [7, 11) is 0. The third kappa shape index (κ3) is 1.39. The highest BCUT2D eigenvalue weighted by Gasteiger charge is 2.22. The van der Waals surface area contributed by atoms with Crippen LogP contribution in [0.4, 0.5) is 0 Å². The molecule has 0 unspecified atom stereocenters. The van der Waals surface area contributed by atoms with Gasteiger partial charge in [0.05, 0.1) is 10.7 Å². The second kappa shape index (κ2) is 3.43. The normalized spacial score (nSPS) is 12.6. The topological polar surface area (TPSA) is 38.9 Å². The fourth-order valence-electron chi connectivity index (χ4n) is 2.04. The summed E-state index contributed by atoms with van der Waals surface area (Å²) >= 11 is 1.81. The predicted molar refractivity (Wildman–Crippen MR) is 63.1 cm³/mol. The number of hydrogen-bond acceptors (Lipinski definition) is 3. The number of nitrogens with zero attached hydrogens (tertiary/aromatic N) is 1. The summed E-state index contributed by atoms with van der Waals surface area (Å²) in [4.78, 5) is 6.06. The molecule has 0 saturated heterocycles. The van der Waals surface area contributed by atoms with Crippen LogP contribution in [0.25, 0.3) is 11.3 Å². The SMILES string of the molecule is NCCc1nc2c(s1)Cc1ccccc1-2. The highest BCUT2D eigenvalue weighted by Crippen LogP contribution is 2.39. The van der Waals surface area contributed by atoms with Gasteiger partial charge in [-0.05, 0) is 12.1 Å². The molecule has 15 heavy (non-hydrogen) atoms. The summed E-state index contributed by atoms with van der Waals surface area (Å²) in [5.41, 5.74) is 9.45. The molecule has 1 aliphatic carbocycles. The molecule has 1 aromatic carbocycles. The van der Waals surface area contributed by atoms with E-state index in [2.05, 4.69) is 29.2 Å². The van der Waals surface area contributed by atoms with Gasteiger partial charge in [-0.2, -0.15) is 0 Å². The first-order valence-corrected chi connectivity index (χ1v) is 5.97. The fourth-order valence-corrected chi connectivity index (χ4v) is 3.16. The van der Waals surface area contributed by atoms with Crippen molar-refractivity contribution in [3.05, 3.63) is 39.7 Å². The second-order valence-electron chi connectivity index (χ2n) is 3.75. The number of aromatic nitrogens is 1. The Morgan fingerprint density at radius 3 is 3.07 bits per heavy atom. The van der Waals surface area contributed by atoms with E-state index in [0.717, 1.165) is 12.8 Å². The minimum Gasteiger partial charge on any atom is -0.330 e. The van der Waals surface area contributed by atoms with Crippen LogP contribution < -0.4 is 5.73 Å². The van der Waals surface area contributed by atoms with Crippen LogP contribution in [-0.4, -0.2) is 11.5 Å². The van der Waals surface area contributed by atoms with E-state index in [9.17, 15) is 0 Å². The van der Waals surface area contributed by atoms with Gasteiger partial charge in [0.15, 0.2) is 0 Å². The Labute approximate surface area is 92.8 Å². The van der Waals surface area contributed by atoms with E-state index in [4.69, 9.17) is 5.73 Å². The lowest BCUT2D eigenvalue weighted by atomic mass is 10.1. The van der Waals surface area contributed by atoms with Gasteiger partial charge in [0, 0.05) is 23.3 Å². The van der Waals surface area contributed by atoms with Crippen molar-refractivity contribution in [3.63, 3.8) is 0 Å². The monoisotopic (exact) mass is 216 g/mol. The summed E-state index contributed by atoms with van der Waals surface area (Å²) in [5.74, 6) is 0. The molecule has 0 saturated carbocycles. The van der Waals surface area contributed by atoms with Gasteiger partial charge in [-0.15, -0.1) is 11.3 Å². The van der Waals surface area contributed by atoms with Crippen LogP contribution >= 0.6 is 11.3 Å². The molecule has 1 aromatic heterocycles. The van der Waals surface area contributed by atoms with Crippen LogP contribution in [0.1, 0.15) is 15.4 Å². The van der Waals surface area contributed by atoms with Gasteiger partial charge >= 0.3 is 0 Å². The van der Waals surface area contributed by atoms with E-state index < -0.39 is 0 Å². The lowest BCUT2D eigenvalue weighted by Gasteiger charge is -1.97. The van der Waals surface area contributed by atoms with E-state index in [1.807, 2.05) is 11.3 Å². The Kier molecular flexibility index (Phi) is 2.08. The van der Waals surface area contributed by atoms with E-state index in [0.29, 0.717) is 6.54 Å². The second-order valence-corrected chi connectivity index (χ2v) is 4.92. The molecule has 3 rings (SSSR count). The van der Waals surface area contributed by atoms with Crippen molar-refractivity contribution in [1.29, 1.82) is 0 Å². The van der Waals surface area contributed by atoms with Gasteiger partial charge in [0.1, 0.15) is 0 Å². The first kappa shape index (κ1) is 9.07. The van der Waals surface area contributed by atoms with Gasteiger partial charge < -0.3 is 5.73 Å². The lowest BCUT2D eigenvalue weighted by Crippen LogP contribution is -2.02. The van der Waals surface area contributed by atoms with Crippen LogP contribution in [0.2, 0.25) is 0 Å². The molecule has 0 atom stereocenters. The third-order valence-electron chi connectivity index (χ3n) is 2.72. The third-order valence-corrected chi connectivity index (χ3v) is 3.84. The summed E-state index contributed by atoms with van der Waals surface area (Å²) in [6.45, 7) is 0.689. The Morgan fingerprint density at radius 2 is 2.20 bits per heavy atom. The van der Waals surface area contributed by atoms with Crippen molar-refractivity contribution < 1.29 is 0 Å². The highest BCUT2D eigenvalue weighted by molar-refractivity contribution is 7.12. The molecule has 2 aromatic rings. The molecule has 76 valence electrons. The molecule has 0 aliphatic heterocycles. The van der Waals surface area contributed by atoms with Crippen molar-refractivity contribution in [2.24, 2.45) is 5.73 Å². The molecule has 0 bridgehead atoms. The molecular formula is C12H12N2S. The van der Waals surface area contributed by atoms with Crippen molar-refractivity contribution in [2.75, 3.05) is 6.54 Å². The zero-order chi connectivity index (χ0) is 10.3. The Hall–Kier alpha value is -1.19. The van der Waals surface area contributed by atoms with Crippen LogP contribution in [0.15, 0.2) is 24.3 Å². The smallest absolute Gasteiger partial charge is 0.0948 e. The summed E-state index contributed by atoms with van der Waals surface area (Å²) in [6, 6.07) is 8.52. The van der Waals surface area contributed by atoms with Gasteiger partial charge in [0.25, 0.3) is 0 Å². The number of thiazole rings is 1. The van der Waals surface area contributed by atoms with Crippen LogP contribution in [0.3, 0.4) is 0 Å². The predicted octanol–water partition coefficient (Wildman–Crippen LogP) is 2.22. The number of fused-ring (bicyclic) bond motifs is 3. The first-order chi connectivity index (χ1) is 7.38. The largest absolute Gasteiger partial charge is 0.330 e. The van der Waals surface area contributed by atoms with Crippen LogP contribution in [0.5, 0.6) is 0 Å². The Bertz CT molecular complexity index is 502. The first-order valence-electron chi connectivity index (χ1n) is 5.15. The van der Waals surface area contributed by atoms with E-state index in [1.165, 1.54) is 26.7 Å². The minimum atomic E-state index is 0.689. The van der Waals surface area contributed by atoms with E-state index in [1.54, 1.807) is 0 Å². The molecular weight excluding hydrogens is 204 g/mol. The Balaban J connectivity index is 2.07. The average molecular weight is 216 g/mol. The number of rotatable bonds is 2. The fraction of sp³-hybridized carbons (Fsp3) is 0.250. The number of hydrogen-bond donors (Lipinski definition) is 1. The van der Waals surface area contributed by atoms with E-state index in [-0.39, 0.29) is 0 Å². The minimum absolute atomic E-state index is 0.689. The zero-order valence-corrected chi connectivity index (χ0v) is 9.18. The molecule has 3 heteroatoms. The Morgan fingerprint density at radius 1 is 1.33 bits per heavy atom. The zero-order valence-electron chi connectivity index (χ0n) is 8.36. The molecule has 0 amide bonds. The quantitative estimate of drug-likeness (QED) is 0.713. The molecule has 0 spiro atoms. The van der Waals surface area contributed by atoms with Crippen LogP contribution in [0, 0.1) is 0 Å². The highest BCUT2D eigenvalue weighted by atomic mass is 32.1. The summed E-state index contributed by atoms with van der Waals surface area (Å²) in [6.07, 6.45) is 1.95. The van der Waals surface area contributed by atoms with Crippen molar-refractivity contribution in [1.82, 2.24) is 4.98 Å². The average Bonchev–Trinajstić information content (AvgIpc) is 2.75. The molecule has 2 N–H and O–H groups in total.